The Morgan fingerprint density at radius 3 is 2.19 bits per heavy atom. The molecule has 1 saturated heterocycles. The summed E-state index contributed by atoms with van der Waals surface area (Å²) in [6, 6.07) is -0.485. The van der Waals surface area contributed by atoms with Gasteiger partial charge < -0.3 is 15.3 Å². The molecule has 2 N–H and O–H groups in total. The van der Waals surface area contributed by atoms with Crippen LogP contribution in [0, 0.1) is 11.8 Å². The number of carbonyl (C=O) groups excluding carboxylic acids is 2. The summed E-state index contributed by atoms with van der Waals surface area (Å²) < 4.78 is 0. The molecule has 3 rings (SSSR count). The van der Waals surface area contributed by atoms with E-state index in [1.54, 1.807) is 4.90 Å². The van der Waals surface area contributed by atoms with E-state index in [9.17, 15) is 19.5 Å². The number of aliphatic carboxylic acids is 1. The Labute approximate surface area is 162 Å². The molecule has 0 radical (unpaired) electrons. The van der Waals surface area contributed by atoms with Crippen molar-refractivity contribution in [3.05, 3.63) is 0 Å². The molecule has 2 saturated carbocycles. The minimum atomic E-state index is -0.883. The van der Waals surface area contributed by atoms with E-state index in [2.05, 4.69) is 5.32 Å². The monoisotopic (exact) mass is 378 g/mol. The molecular formula is C21H34N2O4. The predicted octanol–water partition coefficient (Wildman–Crippen LogP) is 3.10. The van der Waals surface area contributed by atoms with Crippen molar-refractivity contribution in [2.45, 2.75) is 95.6 Å². The average molecular weight is 379 g/mol. The molecule has 3 fully saturated rings. The van der Waals surface area contributed by atoms with E-state index in [0.29, 0.717) is 25.3 Å². The van der Waals surface area contributed by atoms with Crippen LogP contribution < -0.4 is 5.32 Å². The fourth-order valence-corrected chi connectivity index (χ4v) is 5.11. The number of hydrogen-bond acceptors (Lipinski definition) is 3. The maximum Gasteiger partial charge on any atom is 0.326 e. The van der Waals surface area contributed by atoms with E-state index in [0.717, 1.165) is 38.5 Å². The van der Waals surface area contributed by atoms with Gasteiger partial charge >= 0.3 is 5.97 Å². The van der Waals surface area contributed by atoms with Crippen molar-refractivity contribution in [1.29, 1.82) is 0 Å². The lowest BCUT2D eigenvalue weighted by Gasteiger charge is -2.37. The van der Waals surface area contributed by atoms with Crippen LogP contribution in [0.1, 0.15) is 83.5 Å². The molecular weight excluding hydrogens is 344 g/mol. The minimum absolute atomic E-state index is 0.00841. The highest BCUT2D eigenvalue weighted by Gasteiger charge is 2.37. The Kier molecular flexibility index (Phi) is 7.13. The SMILES string of the molecule is O=C(CC1CCCCC1)NC1CCC(C(=O)N2CCCC[C@@H]2C(=O)O)CC1. The van der Waals surface area contributed by atoms with Gasteiger partial charge in [0.2, 0.25) is 11.8 Å². The summed E-state index contributed by atoms with van der Waals surface area (Å²) >= 11 is 0. The molecule has 3 aliphatic rings. The maximum atomic E-state index is 12.8. The van der Waals surface area contributed by atoms with Gasteiger partial charge in [-0.3, -0.25) is 9.59 Å². The smallest absolute Gasteiger partial charge is 0.326 e. The fraction of sp³-hybridized carbons (Fsp3) is 0.857. The average Bonchev–Trinajstić information content (AvgIpc) is 2.68. The van der Waals surface area contributed by atoms with E-state index in [-0.39, 0.29) is 23.8 Å². The zero-order valence-electron chi connectivity index (χ0n) is 16.3. The molecule has 1 atom stereocenters. The Bertz CT molecular complexity index is 536. The van der Waals surface area contributed by atoms with Gasteiger partial charge in [-0.2, -0.15) is 0 Å². The topological polar surface area (TPSA) is 86.7 Å². The highest BCUT2D eigenvalue weighted by molar-refractivity contribution is 5.85. The maximum absolute atomic E-state index is 12.8. The van der Waals surface area contributed by atoms with Crippen molar-refractivity contribution >= 4 is 17.8 Å². The number of likely N-dealkylation sites (tertiary alicyclic amines) is 1. The van der Waals surface area contributed by atoms with E-state index in [1.165, 1.54) is 32.1 Å². The largest absolute Gasteiger partial charge is 0.480 e. The predicted molar refractivity (Wildman–Crippen MR) is 102 cm³/mol. The van der Waals surface area contributed by atoms with Crippen LogP contribution in [0.4, 0.5) is 0 Å². The first-order valence-electron chi connectivity index (χ1n) is 10.9. The molecule has 0 bridgehead atoms. The van der Waals surface area contributed by atoms with Crippen LogP contribution in [0.2, 0.25) is 0 Å². The van der Waals surface area contributed by atoms with E-state index >= 15 is 0 Å². The molecule has 0 aromatic heterocycles. The third-order valence-corrected chi connectivity index (χ3v) is 6.71. The Morgan fingerprint density at radius 2 is 1.52 bits per heavy atom. The summed E-state index contributed by atoms with van der Waals surface area (Å²) in [7, 11) is 0. The zero-order chi connectivity index (χ0) is 19.2. The van der Waals surface area contributed by atoms with Crippen molar-refractivity contribution in [1.82, 2.24) is 10.2 Å². The van der Waals surface area contributed by atoms with Crippen LogP contribution in [-0.4, -0.2) is 46.4 Å². The number of nitrogens with zero attached hydrogens (tertiary/aromatic N) is 1. The van der Waals surface area contributed by atoms with Crippen LogP contribution in [0.5, 0.6) is 0 Å². The minimum Gasteiger partial charge on any atom is -0.480 e. The fourth-order valence-electron chi connectivity index (χ4n) is 5.11. The standard InChI is InChI=1S/C21H34N2O4/c24-19(14-15-6-2-1-3-7-15)22-17-11-9-16(10-12-17)20(25)23-13-5-4-8-18(23)21(26)27/h15-18H,1-14H2,(H,22,24)(H,26,27)/t16?,17?,18-/m1/s1. The number of piperidine rings is 1. The highest BCUT2D eigenvalue weighted by atomic mass is 16.4. The summed E-state index contributed by atoms with van der Waals surface area (Å²) in [6.45, 7) is 0.563. The van der Waals surface area contributed by atoms with Crippen LogP contribution in [0.15, 0.2) is 0 Å². The van der Waals surface area contributed by atoms with Gasteiger partial charge in [0, 0.05) is 24.9 Å². The molecule has 0 aromatic carbocycles. The van der Waals surface area contributed by atoms with Crippen LogP contribution in [-0.2, 0) is 14.4 Å². The van der Waals surface area contributed by atoms with Crippen molar-refractivity contribution in [3.63, 3.8) is 0 Å². The third kappa shape index (κ3) is 5.45. The summed E-state index contributed by atoms with van der Waals surface area (Å²) in [5, 5.41) is 12.6. The quantitative estimate of drug-likeness (QED) is 0.770. The number of carboxylic acids is 1. The molecule has 1 heterocycles. The summed E-state index contributed by atoms with van der Waals surface area (Å²) in [5.74, 6) is -0.250. The molecule has 2 aliphatic carbocycles. The lowest BCUT2D eigenvalue weighted by atomic mass is 9.83. The normalized spacial score (nSPS) is 29.9. The molecule has 0 unspecified atom stereocenters. The van der Waals surface area contributed by atoms with Gasteiger partial charge in [-0.15, -0.1) is 0 Å². The van der Waals surface area contributed by atoms with Crippen molar-refractivity contribution in [2.75, 3.05) is 6.54 Å². The molecule has 152 valence electrons. The van der Waals surface area contributed by atoms with Crippen LogP contribution in [0.3, 0.4) is 0 Å². The van der Waals surface area contributed by atoms with Crippen LogP contribution >= 0.6 is 0 Å². The van der Waals surface area contributed by atoms with Crippen molar-refractivity contribution in [3.8, 4) is 0 Å². The first kappa shape index (κ1) is 20.2. The Morgan fingerprint density at radius 1 is 0.852 bits per heavy atom. The first-order valence-corrected chi connectivity index (χ1v) is 10.9. The molecule has 0 spiro atoms. The number of hydrogen-bond donors (Lipinski definition) is 2. The lowest BCUT2D eigenvalue weighted by molar-refractivity contribution is -0.154. The third-order valence-electron chi connectivity index (χ3n) is 6.71. The van der Waals surface area contributed by atoms with Gasteiger partial charge in [-0.1, -0.05) is 19.3 Å². The van der Waals surface area contributed by atoms with E-state index < -0.39 is 12.0 Å². The number of nitrogens with one attached hydrogen (secondary N) is 1. The highest BCUT2D eigenvalue weighted by Crippen LogP contribution is 2.30. The molecule has 27 heavy (non-hydrogen) atoms. The number of carbonyl (C=O) groups is 3. The molecule has 0 aromatic rings. The van der Waals surface area contributed by atoms with Gasteiger partial charge in [0.25, 0.3) is 0 Å². The van der Waals surface area contributed by atoms with Gasteiger partial charge in [0.05, 0.1) is 0 Å². The molecule has 2 amide bonds. The zero-order valence-corrected chi connectivity index (χ0v) is 16.3. The number of rotatable bonds is 5. The lowest BCUT2D eigenvalue weighted by Crippen LogP contribution is -2.51. The van der Waals surface area contributed by atoms with E-state index in [4.69, 9.17) is 0 Å². The number of amides is 2. The second-order valence-electron chi connectivity index (χ2n) is 8.71. The molecule has 1 aliphatic heterocycles. The van der Waals surface area contributed by atoms with Crippen molar-refractivity contribution < 1.29 is 19.5 Å². The Hall–Kier alpha value is -1.59. The second-order valence-corrected chi connectivity index (χ2v) is 8.71. The van der Waals surface area contributed by atoms with Crippen molar-refractivity contribution in [2.24, 2.45) is 11.8 Å². The first-order chi connectivity index (χ1) is 13.0. The van der Waals surface area contributed by atoms with Gasteiger partial charge in [0.15, 0.2) is 0 Å². The van der Waals surface area contributed by atoms with Gasteiger partial charge in [-0.05, 0) is 63.7 Å². The van der Waals surface area contributed by atoms with Gasteiger partial charge in [0.1, 0.15) is 6.04 Å². The van der Waals surface area contributed by atoms with Gasteiger partial charge in [-0.25, -0.2) is 4.79 Å². The summed E-state index contributed by atoms with van der Waals surface area (Å²) in [5.41, 5.74) is 0. The molecule has 6 heteroatoms. The molecule has 6 nitrogen and oxygen atoms in total. The number of carboxylic acid groups (broad SMARTS) is 1. The summed E-state index contributed by atoms with van der Waals surface area (Å²) in [4.78, 5) is 38.2. The summed E-state index contributed by atoms with van der Waals surface area (Å²) in [6.07, 6.45) is 12.3. The van der Waals surface area contributed by atoms with Crippen LogP contribution in [0.25, 0.3) is 0 Å². The second kappa shape index (κ2) is 9.56. The Balaban J connectivity index is 1.43. The van der Waals surface area contributed by atoms with E-state index in [1.807, 2.05) is 0 Å².